The second-order valence-electron chi connectivity index (χ2n) is 3.98. The lowest BCUT2D eigenvalue weighted by molar-refractivity contribution is 0.0957. The highest BCUT2D eigenvalue weighted by atomic mass is 16.2. The van der Waals surface area contributed by atoms with Gasteiger partial charge in [-0.1, -0.05) is 18.2 Å². The van der Waals surface area contributed by atoms with Crippen LogP contribution >= 0.6 is 0 Å². The van der Waals surface area contributed by atoms with Gasteiger partial charge in [0.2, 0.25) is 0 Å². The molecule has 0 radical (unpaired) electrons. The van der Waals surface area contributed by atoms with E-state index in [9.17, 15) is 14.4 Å². The van der Waals surface area contributed by atoms with Crippen molar-refractivity contribution in [2.45, 2.75) is 0 Å². The van der Waals surface area contributed by atoms with Crippen LogP contribution in [0.4, 0.5) is 9.59 Å². The van der Waals surface area contributed by atoms with E-state index < -0.39 is 18.0 Å². The maximum absolute atomic E-state index is 11.7. The first-order valence-electron chi connectivity index (χ1n) is 5.52. The minimum atomic E-state index is -0.682. The van der Waals surface area contributed by atoms with Gasteiger partial charge in [-0.05, 0) is 12.1 Å². The third kappa shape index (κ3) is 2.32. The average Bonchev–Trinajstić information content (AvgIpc) is 2.71. The molecule has 1 heterocycles. The Bertz CT molecular complexity index is 487. The van der Waals surface area contributed by atoms with Crippen molar-refractivity contribution >= 4 is 18.0 Å². The maximum atomic E-state index is 11.7. The van der Waals surface area contributed by atoms with Gasteiger partial charge in [0, 0.05) is 25.7 Å². The molecule has 2 rings (SSSR count). The molecule has 0 bridgehead atoms. The van der Waals surface area contributed by atoms with Gasteiger partial charge in [0.25, 0.3) is 5.91 Å². The molecule has 1 aromatic rings. The number of carbonyl (C=O) groups is 3. The fourth-order valence-corrected chi connectivity index (χ4v) is 1.66. The van der Waals surface area contributed by atoms with E-state index in [-0.39, 0.29) is 0 Å². The van der Waals surface area contributed by atoms with Gasteiger partial charge in [0.05, 0.1) is 0 Å². The quantitative estimate of drug-likeness (QED) is 0.801. The van der Waals surface area contributed by atoms with Crippen LogP contribution in [0.5, 0.6) is 0 Å². The molecule has 0 aromatic heterocycles. The van der Waals surface area contributed by atoms with Crippen LogP contribution in [0.25, 0.3) is 0 Å². The van der Waals surface area contributed by atoms with Crippen LogP contribution in [0, 0.1) is 0 Å². The Morgan fingerprint density at radius 1 is 1.17 bits per heavy atom. The molecule has 5 amide bonds. The minimum absolute atomic E-state index is 0.295. The maximum Gasteiger partial charge on any atom is 0.332 e. The lowest BCUT2D eigenvalue weighted by Gasteiger charge is -2.14. The Morgan fingerprint density at radius 2 is 1.83 bits per heavy atom. The lowest BCUT2D eigenvalue weighted by Crippen LogP contribution is -2.44. The fourth-order valence-electron chi connectivity index (χ4n) is 1.66. The van der Waals surface area contributed by atoms with Gasteiger partial charge >= 0.3 is 12.1 Å². The van der Waals surface area contributed by atoms with Crippen molar-refractivity contribution in [1.29, 1.82) is 0 Å². The average molecular weight is 247 g/mol. The summed E-state index contributed by atoms with van der Waals surface area (Å²) in [6, 6.07) is 7.30. The Labute approximate surface area is 104 Å². The zero-order valence-corrected chi connectivity index (χ0v) is 9.92. The van der Waals surface area contributed by atoms with Gasteiger partial charge in [0.15, 0.2) is 0 Å². The molecule has 0 spiro atoms. The zero-order chi connectivity index (χ0) is 13.1. The third-order valence-electron chi connectivity index (χ3n) is 2.72. The van der Waals surface area contributed by atoms with Crippen molar-refractivity contribution in [2.24, 2.45) is 0 Å². The molecular weight excluding hydrogens is 234 g/mol. The van der Waals surface area contributed by atoms with Crippen LogP contribution in [0.15, 0.2) is 30.3 Å². The summed E-state index contributed by atoms with van der Waals surface area (Å²) in [4.78, 5) is 37.4. The number of hydrogen-bond donors (Lipinski definition) is 1. The first kappa shape index (κ1) is 12.1. The molecule has 1 aromatic carbocycles. The van der Waals surface area contributed by atoms with Crippen molar-refractivity contribution in [3.63, 3.8) is 0 Å². The first-order valence-corrected chi connectivity index (χ1v) is 5.52. The van der Waals surface area contributed by atoms with Crippen LogP contribution in [-0.2, 0) is 0 Å². The summed E-state index contributed by atoms with van der Waals surface area (Å²) in [5.74, 6) is -0.511. The van der Waals surface area contributed by atoms with Gasteiger partial charge in [-0.15, -0.1) is 0 Å². The molecular formula is C12H13N3O3. The summed E-state index contributed by atoms with van der Waals surface area (Å²) in [6.07, 6.45) is 0. The Balaban J connectivity index is 2.00. The van der Waals surface area contributed by atoms with E-state index in [2.05, 4.69) is 5.32 Å². The summed E-state index contributed by atoms with van der Waals surface area (Å²) in [7, 11) is 1.61. The standard InChI is InChI=1S/C12H13N3O3/c1-14-7-8-15(12(14)18)11(17)13-10(16)9-5-3-2-4-6-9/h2-6H,7-8H2,1H3,(H,13,16,17). The van der Waals surface area contributed by atoms with E-state index in [1.165, 1.54) is 4.90 Å². The number of imide groups is 2. The van der Waals surface area contributed by atoms with Crippen molar-refractivity contribution in [3.05, 3.63) is 35.9 Å². The number of hydrogen-bond acceptors (Lipinski definition) is 3. The normalized spacial score (nSPS) is 14.8. The van der Waals surface area contributed by atoms with Crippen LogP contribution < -0.4 is 5.32 Å². The van der Waals surface area contributed by atoms with Crippen molar-refractivity contribution < 1.29 is 14.4 Å². The topological polar surface area (TPSA) is 69.7 Å². The van der Waals surface area contributed by atoms with E-state index in [0.717, 1.165) is 4.90 Å². The molecule has 18 heavy (non-hydrogen) atoms. The van der Waals surface area contributed by atoms with E-state index in [1.807, 2.05) is 0 Å². The third-order valence-corrected chi connectivity index (χ3v) is 2.72. The van der Waals surface area contributed by atoms with Gasteiger partial charge < -0.3 is 4.90 Å². The second-order valence-corrected chi connectivity index (χ2v) is 3.98. The molecule has 94 valence electrons. The number of nitrogens with one attached hydrogen (secondary N) is 1. The van der Waals surface area contributed by atoms with Crippen LogP contribution in [0.1, 0.15) is 10.4 Å². The predicted octanol–water partition coefficient (Wildman–Crippen LogP) is 0.904. The number of nitrogens with zero attached hydrogens (tertiary/aromatic N) is 2. The van der Waals surface area contributed by atoms with E-state index >= 15 is 0 Å². The number of benzene rings is 1. The SMILES string of the molecule is CN1CCN(C(=O)NC(=O)c2ccccc2)C1=O. The molecule has 1 fully saturated rings. The van der Waals surface area contributed by atoms with Gasteiger partial charge in [-0.2, -0.15) is 0 Å². The Kier molecular flexibility index (Phi) is 3.27. The number of amides is 5. The molecule has 0 atom stereocenters. The Hall–Kier alpha value is -2.37. The van der Waals surface area contributed by atoms with Gasteiger partial charge in [0.1, 0.15) is 0 Å². The molecule has 0 aliphatic carbocycles. The molecule has 0 unspecified atom stereocenters. The lowest BCUT2D eigenvalue weighted by atomic mass is 10.2. The predicted molar refractivity (Wildman–Crippen MR) is 64.0 cm³/mol. The van der Waals surface area contributed by atoms with Crippen LogP contribution in [0.2, 0.25) is 0 Å². The van der Waals surface area contributed by atoms with Gasteiger partial charge in [-0.3, -0.25) is 10.1 Å². The number of rotatable bonds is 1. The molecule has 1 N–H and O–H groups in total. The molecule has 6 nitrogen and oxygen atoms in total. The Morgan fingerprint density at radius 3 is 2.39 bits per heavy atom. The largest absolute Gasteiger partial charge is 0.332 e. The highest BCUT2D eigenvalue weighted by Gasteiger charge is 2.31. The molecule has 1 aliphatic heterocycles. The van der Waals surface area contributed by atoms with E-state index in [0.29, 0.717) is 18.7 Å². The summed E-state index contributed by atoms with van der Waals surface area (Å²) in [5, 5.41) is 2.19. The summed E-state index contributed by atoms with van der Waals surface area (Å²) < 4.78 is 0. The monoisotopic (exact) mass is 247 g/mol. The minimum Gasteiger partial charge on any atom is -0.326 e. The van der Waals surface area contributed by atoms with E-state index in [1.54, 1.807) is 37.4 Å². The van der Waals surface area contributed by atoms with Crippen molar-refractivity contribution in [3.8, 4) is 0 Å². The van der Waals surface area contributed by atoms with Crippen molar-refractivity contribution in [1.82, 2.24) is 15.1 Å². The smallest absolute Gasteiger partial charge is 0.326 e. The second kappa shape index (κ2) is 4.87. The first-order chi connectivity index (χ1) is 8.59. The van der Waals surface area contributed by atoms with Crippen LogP contribution in [0.3, 0.4) is 0 Å². The van der Waals surface area contributed by atoms with Crippen molar-refractivity contribution in [2.75, 3.05) is 20.1 Å². The molecule has 1 saturated heterocycles. The van der Waals surface area contributed by atoms with Crippen LogP contribution in [-0.4, -0.2) is 47.9 Å². The zero-order valence-electron chi connectivity index (χ0n) is 9.92. The highest BCUT2D eigenvalue weighted by molar-refractivity contribution is 6.08. The number of likely N-dealkylation sites (N-methyl/N-ethyl adjacent to an activating group) is 1. The molecule has 6 heteroatoms. The van der Waals surface area contributed by atoms with Gasteiger partial charge in [-0.25, -0.2) is 14.5 Å². The fraction of sp³-hybridized carbons (Fsp3) is 0.250. The summed E-state index contributed by atoms with van der Waals surface area (Å²) in [5.41, 5.74) is 0.380. The highest BCUT2D eigenvalue weighted by Crippen LogP contribution is 2.06. The molecule has 1 aliphatic rings. The summed E-state index contributed by atoms with van der Waals surface area (Å²) in [6.45, 7) is 0.773. The summed E-state index contributed by atoms with van der Waals surface area (Å²) >= 11 is 0. The number of urea groups is 2. The number of carbonyl (C=O) groups excluding carboxylic acids is 3. The van der Waals surface area contributed by atoms with E-state index in [4.69, 9.17) is 0 Å². The molecule has 0 saturated carbocycles.